The number of nitrogens with zero attached hydrogens (tertiary/aromatic N) is 2. The van der Waals surface area contributed by atoms with Gasteiger partial charge in [0.25, 0.3) is 0 Å². The second-order valence-corrected chi connectivity index (χ2v) is 3.07. The van der Waals surface area contributed by atoms with Crippen molar-refractivity contribution in [3.63, 3.8) is 0 Å². The Bertz CT molecular complexity index is 271. The lowest BCUT2D eigenvalue weighted by molar-refractivity contribution is -0.163. The van der Waals surface area contributed by atoms with Crippen molar-refractivity contribution >= 4 is 0 Å². The largest absolute Gasteiger partial charge is 0.387 e. The van der Waals surface area contributed by atoms with E-state index < -0.39 is 12.4 Å². The van der Waals surface area contributed by atoms with Gasteiger partial charge in [0.05, 0.1) is 0 Å². The molecule has 0 amide bonds. The molecule has 1 heterocycles. The summed E-state index contributed by atoms with van der Waals surface area (Å²) in [5, 5.41) is 9.70. The second kappa shape index (κ2) is 5.09. The van der Waals surface area contributed by atoms with E-state index in [9.17, 15) is 5.11 Å². The minimum absolute atomic E-state index is 0.413. The lowest BCUT2D eigenvalue weighted by Crippen LogP contribution is -2.32. The van der Waals surface area contributed by atoms with Crippen LogP contribution in [0.15, 0.2) is 12.4 Å². The van der Waals surface area contributed by atoms with Crippen molar-refractivity contribution in [2.24, 2.45) is 7.05 Å². The smallest absolute Gasteiger partial charge is 0.183 e. The number of aliphatic hydroxyl groups excluding tert-OH is 1. The van der Waals surface area contributed by atoms with Crippen LogP contribution in [0.5, 0.6) is 0 Å². The predicted molar refractivity (Wildman–Crippen MR) is 50.7 cm³/mol. The van der Waals surface area contributed by atoms with E-state index in [4.69, 9.17) is 9.47 Å². The topological polar surface area (TPSA) is 56.5 Å². The zero-order chi connectivity index (χ0) is 10.6. The molecule has 0 aliphatic rings. The molecule has 0 saturated carbocycles. The summed E-state index contributed by atoms with van der Waals surface area (Å²) in [4.78, 5) is 4.10. The molecule has 1 aromatic rings. The average Bonchev–Trinajstić information content (AvgIpc) is 2.54. The number of aryl methyl sites for hydroxylation is 1. The molecule has 0 saturated heterocycles. The molecule has 1 unspecified atom stereocenters. The number of imidazole rings is 1. The summed E-state index contributed by atoms with van der Waals surface area (Å²) in [7, 11) is 4.87. The van der Waals surface area contributed by atoms with E-state index in [0.717, 1.165) is 5.82 Å². The number of aliphatic hydroxyl groups is 1. The van der Waals surface area contributed by atoms with E-state index in [1.165, 1.54) is 14.2 Å². The molecular formula is C9H16N2O3. The van der Waals surface area contributed by atoms with E-state index in [1.54, 1.807) is 6.20 Å². The Morgan fingerprint density at radius 3 is 2.57 bits per heavy atom. The number of ether oxygens (including phenoxy) is 2. The van der Waals surface area contributed by atoms with Crippen LogP contribution in [0.1, 0.15) is 5.82 Å². The van der Waals surface area contributed by atoms with E-state index in [-0.39, 0.29) is 0 Å². The molecule has 0 aromatic carbocycles. The molecule has 0 aliphatic heterocycles. The Kier molecular flexibility index (Phi) is 4.06. The van der Waals surface area contributed by atoms with Crippen LogP contribution < -0.4 is 0 Å². The number of hydrogen-bond donors (Lipinski definition) is 1. The first kappa shape index (κ1) is 11.2. The lowest BCUT2D eigenvalue weighted by atomic mass is 10.2. The van der Waals surface area contributed by atoms with Crippen molar-refractivity contribution < 1.29 is 14.6 Å². The van der Waals surface area contributed by atoms with Gasteiger partial charge < -0.3 is 19.1 Å². The third kappa shape index (κ3) is 2.54. The molecule has 1 atom stereocenters. The fourth-order valence-electron chi connectivity index (χ4n) is 1.29. The fraction of sp³-hybridized carbons (Fsp3) is 0.667. The van der Waals surface area contributed by atoms with Gasteiger partial charge in [-0.15, -0.1) is 0 Å². The summed E-state index contributed by atoms with van der Waals surface area (Å²) in [6.45, 7) is 0. The maximum absolute atomic E-state index is 9.70. The van der Waals surface area contributed by atoms with Crippen LogP contribution in [-0.2, 0) is 22.9 Å². The molecule has 5 nitrogen and oxygen atoms in total. The highest BCUT2D eigenvalue weighted by atomic mass is 16.7. The van der Waals surface area contributed by atoms with Crippen molar-refractivity contribution in [2.75, 3.05) is 14.2 Å². The van der Waals surface area contributed by atoms with Crippen LogP contribution in [-0.4, -0.2) is 41.3 Å². The number of methoxy groups -OCH3 is 2. The van der Waals surface area contributed by atoms with Gasteiger partial charge >= 0.3 is 0 Å². The Morgan fingerprint density at radius 1 is 1.50 bits per heavy atom. The minimum atomic E-state index is -0.703. The van der Waals surface area contributed by atoms with Gasteiger partial charge in [0.15, 0.2) is 6.29 Å². The molecule has 0 aliphatic carbocycles. The molecule has 0 fully saturated rings. The number of hydrogen-bond acceptors (Lipinski definition) is 4. The Hall–Kier alpha value is -0.910. The quantitative estimate of drug-likeness (QED) is 0.677. The summed E-state index contributed by atoms with van der Waals surface area (Å²) in [6.07, 6.45) is 2.63. The maximum atomic E-state index is 9.70. The zero-order valence-electron chi connectivity index (χ0n) is 8.67. The molecule has 0 bridgehead atoms. The Labute approximate surface area is 83.3 Å². The molecule has 0 spiro atoms. The number of aromatic nitrogens is 2. The Balaban J connectivity index is 2.56. The van der Waals surface area contributed by atoms with E-state index in [1.807, 2.05) is 17.8 Å². The predicted octanol–water partition coefficient (Wildman–Crippen LogP) is -0.0576. The molecule has 1 N–H and O–H groups in total. The first-order valence-corrected chi connectivity index (χ1v) is 4.39. The normalized spacial score (nSPS) is 13.5. The molecule has 5 heteroatoms. The zero-order valence-corrected chi connectivity index (χ0v) is 8.67. The molecular weight excluding hydrogens is 184 g/mol. The van der Waals surface area contributed by atoms with Crippen LogP contribution in [0.4, 0.5) is 0 Å². The highest BCUT2D eigenvalue weighted by Gasteiger charge is 2.19. The molecule has 1 aromatic heterocycles. The third-order valence-corrected chi connectivity index (χ3v) is 2.09. The maximum Gasteiger partial charge on any atom is 0.183 e. The highest BCUT2D eigenvalue weighted by Crippen LogP contribution is 2.06. The van der Waals surface area contributed by atoms with Crippen LogP contribution in [0.25, 0.3) is 0 Å². The molecule has 0 radical (unpaired) electrons. The van der Waals surface area contributed by atoms with E-state index in [2.05, 4.69) is 4.98 Å². The molecule has 1 rings (SSSR count). The van der Waals surface area contributed by atoms with Gasteiger partial charge in [0.2, 0.25) is 0 Å². The minimum Gasteiger partial charge on any atom is -0.387 e. The van der Waals surface area contributed by atoms with Gasteiger partial charge in [-0.3, -0.25) is 0 Å². The van der Waals surface area contributed by atoms with Crippen molar-refractivity contribution in [3.8, 4) is 0 Å². The summed E-state index contributed by atoms with van der Waals surface area (Å²) >= 11 is 0. The van der Waals surface area contributed by atoms with Crippen LogP contribution in [0.3, 0.4) is 0 Å². The number of rotatable bonds is 5. The third-order valence-electron chi connectivity index (χ3n) is 2.09. The van der Waals surface area contributed by atoms with Crippen molar-refractivity contribution in [1.29, 1.82) is 0 Å². The summed E-state index contributed by atoms with van der Waals surface area (Å²) in [5.74, 6) is 0.802. The van der Waals surface area contributed by atoms with Gasteiger partial charge in [0, 0.05) is 40.1 Å². The second-order valence-electron chi connectivity index (χ2n) is 3.07. The van der Waals surface area contributed by atoms with Gasteiger partial charge in [-0.05, 0) is 0 Å². The first-order chi connectivity index (χ1) is 6.69. The highest BCUT2D eigenvalue weighted by molar-refractivity contribution is 4.93. The summed E-state index contributed by atoms with van der Waals surface area (Å²) in [5.41, 5.74) is 0. The van der Waals surface area contributed by atoms with E-state index >= 15 is 0 Å². The van der Waals surface area contributed by atoms with Crippen molar-refractivity contribution in [3.05, 3.63) is 18.2 Å². The van der Waals surface area contributed by atoms with Gasteiger partial charge in [0.1, 0.15) is 11.9 Å². The van der Waals surface area contributed by atoms with Gasteiger partial charge in [-0.1, -0.05) is 0 Å². The average molecular weight is 200 g/mol. The van der Waals surface area contributed by atoms with Crippen LogP contribution >= 0.6 is 0 Å². The monoisotopic (exact) mass is 200 g/mol. The van der Waals surface area contributed by atoms with Gasteiger partial charge in [-0.2, -0.15) is 0 Å². The first-order valence-electron chi connectivity index (χ1n) is 4.39. The fourth-order valence-corrected chi connectivity index (χ4v) is 1.29. The summed E-state index contributed by atoms with van der Waals surface area (Å²) in [6, 6.07) is 0. The van der Waals surface area contributed by atoms with Crippen LogP contribution in [0.2, 0.25) is 0 Å². The molecule has 14 heavy (non-hydrogen) atoms. The van der Waals surface area contributed by atoms with Crippen LogP contribution in [0, 0.1) is 0 Å². The molecule has 80 valence electrons. The summed E-state index contributed by atoms with van der Waals surface area (Å²) < 4.78 is 11.7. The van der Waals surface area contributed by atoms with Gasteiger partial charge in [-0.25, -0.2) is 4.98 Å². The van der Waals surface area contributed by atoms with E-state index in [0.29, 0.717) is 6.42 Å². The standard InChI is InChI=1S/C9H16N2O3/c1-11-5-4-10-8(11)6-7(12)9(13-2)14-3/h4-5,7,9,12H,6H2,1-3H3. The van der Waals surface area contributed by atoms with Crippen molar-refractivity contribution in [1.82, 2.24) is 9.55 Å². The van der Waals surface area contributed by atoms with Crippen molar-refractivity contribution in [2.45, 2.75) is 18.8 Å². The lowest BCUT2D eigenvalue weighted by Gasteiger charge is -2.19. The SMILES string of the molecule is COC(OC)C(O)Cc1nccn1C. The Morgan fingerprint density at radius 2 is 2.14 bits per heavy atom.